The van der Waals surface area contributed by atoms with E-state index in [0.717, 1.165) is 37.9 Å². The Hall–Kier alpha value is -4.48. The number of hydrogen-bond donors (Lipinski definition) is 1. The maximum atomic E-state index is 13.3. The molecule has 0 heterocycles. The predicted octanol–water partition coefficient (Wildman–Crippen LogP) is 8.73. The van der Waals surface area contributed by atoms with Crippen molar-refractivity contribution < 1.29 is 14.3 Å². The molecule has 5 aromatic rings. The SMILES string of the molecule is CCOc1ccc(C(=O)Nc2ccccc2Sc2ccccc2)cc1COc1ccc(-c2ccccc2)cc1. The summed E-state index contributed by atoms with van der Waals surface area (Å²) in [5, 5.41) is 3.08. The largest absolute Gasteiger partial charge is 0.493 e. The summed E-state index contributed by atoms with van der Waals surface area (Å²) in [6.07, 6.45) is 0. The normalized spacial score (nSPS) is 10.6. The van der Waals surface area contributed by atoms with Crippen molar-refractivity contribution in [2.45, 2.75) is 23.3 Å². The molecule has 4 nitrogen and oxygen atoms in total. The van der Waals surface area contributed by atoms with Crippen molar-refractivity contribution in [1.29, 1.82) is 0 Å². The van der Waals surface area contributed by atoms with Gasteiger partial charge in [-0.3, -0.25) is 4.79 Å². The van der Waals surface area contributed by atoms with Crippen molar-refractivity contribution in [3.8, 4) is 22.6 Å². The molecule has 0 fully saturated rings. The van der Waals surface area contributed by atoms with Crippen LogP contribution in [0.3, 0.4) is 0 Å². The highest BCUT2D eigenvalue weighted by Gasteiger charge is 2.14. The summed E-state index contributed by atoms with van der Waals surface area (Å²) in [5.41, 5.74) is 4.40. The summed E-state index contributed by atoms with van der Waals surface area (Å²) in [6, 6.07) is 41.6. The van der Waals surface area contributed by atoms with E-state index in [0.29, 0.717) is 17.9 Å². The van der Waals surface area contributed by atoms with Crippen LogP contribution in [-0.2, 0) is 6.61 Å². The van der Waals surface area contributed by atoms with Crippen LogP contribution in [0.1, 0.15) is 22.8 Å². The van der Waals surface area contributed by atoms with E-state index in [1.165, 1.54) is 0 Å². The van der Waals surface area contributed by atoms with Crippen LogP contribution in [0.5, 0.6) is 11.5 Å². The second kappa shape index (κ2) is 12.9. The summed E-state index contributed by atoms with van der Waals surface area (Å²) in [5.74, 6) is 1.27. The first-order chi connectivity index (χ1) is 19.2. The predicted molar refractivity (Wildman–Crippen MR) is 159 cm³/mol. The van der Waals surface area contributed by atoms with Gasteiger partial charge in [-0.25, -0.2) is 0 Å². The third-order valence-corrected chi connectivity index (χ3v) is 7.17. The Morgan fingerprint density at radius 3 is 2.13 bits per heavy atom. The molecule has 1 amide bonds. The number of benzene rings is 5. The number of amides is 1. The lowest BCUT2D eigenvalue weighted by Crippen LogP contribution is -2.13. The van der Waals surface area contributed by atoms with E-state index in [4.69, 9.17) is 9.47 Å². The van der Waals surface area contributed by atoms with Gasteiger partial charge >= 0.3 is 0 Å². The lowest BCUT2D eigenvalue weighted by atomic mass is 10.1. The highest BCUT2D eigenvalue weighted by molar-refractivity contribution is 7.99. The Labute approximate surface area is 233 Å². The fourth-order valence-electron chi connectivity index (χ4n) is 4.13. The molecule has 0 aliphatic carbocycles. The molecule has 0 atom stereocenters. The Morgan fingerprint density at radius 2 is 1.38 bits per heavy atom. The molecule has 0 unspecified atom stereocenters. The van der Waals surface area contributed by atoms with Gasteiger partial charge in [-0.2, -0.15) is 0 Å². The Kier molecular flexibility index (Phi) is 8.61. The summed E-state index contributed by atoms with van der Waals surface area (Å²) < 4.78 is 11.9. The van der Waals surface area contributed by atoms with Crippen molar-refractivity contribution in [2.24, 2.45) is 0 Å². The van der Waals surface area contributed by atoms with Crippen molar-refractivity contribution in [1.82, 2.24) is 0 Å². The lowest BCUT2D eigenvalue weighted by molar-refractivity contribution is 0.102. The van der Waals surface area contributed by atoms with Gasteiger partial charge < -0.3 is 14.8 Å². The van der Waals surface area contributed by atoms with E-state index in [9.17, 15) is 4.79 Å². The minimum atomic E-state index is -0.187. The summed E-state index contributed by atoms with van der Waals surface area (Å²) in [7, 11) is 0. The second-order valence-electron chi connectivity index (χ2n) is 8.80. The third-order valence-electron chi connectivity index (χ3n) is 6.08. The first-order valence-electron chi connectivity index (χ1n) is 12.9. The van der Waals surface area contributed by atoms with Gasteiger partial charge in [-0.1, -0.05) is 84.6 Å². The van der Waals surface area contributed by atoms with Crippen molar-refractivity contribution in [2.75, 3.05) is 11.9 Å². The van der Waals surface area contributed by atoms with E-state index in [2.05, 4.69) is 29.6 Å². The molecule has 0 aromatic heterocycles. The van der Waals surface area contributed by atoms with Gasteiger partial charge in [-0.15, -0.1) is 0 Å². The van der Waals surface area contributed by atoms with Crippen LogP contribution in [0.25, 0.3) is 11.1 Å². The molecule has 0 aliphatic heterocycles. The topological polar surface area (TPSA) is 47.6 Å². The van der Waals surface area contributed by atoms with E-state index >= 15 is 0 Å². The monoisotopic (exact) mass is 531 g/mol. The van der Waals surface area contributed by atoms with Gasteiger partial charge in [0.2, 0.25) is 0 Å². The van der Waals surface area contributed by atoms with Crippen LogP contribution in [0.15, 0.2) is 137 Å². The Bertz CT molecular complexity index is 1520. The maximum absolute atomic E-state index is 13.3. The molecule has 0 saturated heterocycles. The Balaban J connectivity index is 1.30. The van der Waals surface area contributed by atoms with Crippen molar-refractivity contribution in [3.05, 3.63) is 139 Å². The van der Waals surface area contributed by atoms with Gasteiger partial charge in [0.05, 0.1) is 12.3 Å². The molecule has 5 rings (SSSR count). The second-order valence-corrected chi connectivity index (χ2v) is 9.92. The lowest BCUT2D eigenvalue weighted by Gasteiger charge is -2.15. The standard InChI is InChI=1S/C34H29NO3S/c1-2-37-32-22-19-27(34(36)35-31-15-9-10-16-33(31)39-30-13-7-4-8-14-30)23-28(32)24-38-29-20-17-26(18-21-29)25-11-5-3-6-12-25/h3-23H,2,24H2,1H3,(H,35,36). The number of anilines is 1. The molecule has 0 bridgehead atoms. The molecular formula is C34H29NO3S. The summed E-state index contributed by atoms with van der Waals surface area (Å²) in [4.78, 5) is 15.4. The third kappa shape index (κ3) is 6.89. The van der Waals surface area contributed by atoms with Crippen LogP contribution < -0.4 is 14.8 Å². The smallest absolute Gasteiger partial charge is 0.255 e. The highest BCUT2D eigenvalue weighted by Crippen LogP contribution is 2.33. The van der Waals surface area contributed by atoms with E-state index in [1.54, 1.807) is 17.8 Å². The van der Waals surface area contributed by atoms with Gasteiger partial charge in [0.1, 0.15) is 18.1 Å². The molecule has 5 heteroatoms. The highest BCUT2D eigenvalue weighted by atomic mass is 32.2. The fourth-order valence-corrected chi connectivity index (χ4v) is 5.06. The van der Waals surface area contributed by atoms with E-state index in [1.807, 2.05) is 104 Å². The quantitative estimate of drug-likeness (QED) is 0.196. The van der Waals surface area contributed by atoms with Crippen molar-refractivity contribution in [3.63, 3.8) is 0 Å². The minimum absolute atomic E-state index is 0.187. The van der Waals surface area contributed by atoms with Crippen LogP contribution in [0.4, 0.5) is 5.69 Å². The van der Waals surface area contributed by atoms with Crippen LogP contribution in [0, 0.1) is 0 Å². The van der Waals surface area contributed by atoms with E-state index < -0.39 is 0 Å². The number of hydrogen-bond acceptors (Lipinski definition) is 4. The molecule has 0 spiro atoms. The first-order valence-corrected chi connectivity index (χ1v) is 13.7. The zero-order chi connectivity index (χ0) is 26.9. The number of carbonyl (C=O) groups is 1. The average Bonchev–Trinajstić information content (AvgIpc) is 2.99. The molecule has 0 aliphatic rings. The number of ether oxygens (including phenoxy) is 2. The number of carbonyl (C=O) groups excluding carboxylic acids is 1. The fraction of sp³-hybridized carbons (Fsp3) is 0.0882. The number of para-hydroxylation sites is 1. The Morgan fingerprint density at radius 1 is 0.718 bits per heavy atom. The van der Waals surface area contributed by atoms with Crippen LogP contribution in [0.2, 0.25) is 0 Å². The number of rotatable bonds is 10. The molecule has 194 valence electrons. The van der Waals surface area contributed by atoms with Crippen molar-refractivity contribution >= 4 is 23.4 Å². The number of nitrogens with one attached hydrogen (secondary N) is 1. The van der Waals surface area contributed by atoms with Crippen LogP contribution in [-0.4, -0.2) is 12.5 Å². The maximum Gasteiger partial charge on any atom is 0.255 e. The minimum Gasteiger partial charge on any atom is -0.493 e. The molecule has 5 aromatic carbocycles. The molecule has 0 saturated carbocycles. The van der Waals surface area contributed by atoms with Gasteiger partial charge in [0.15, 0.2) is 0 Å². The molecule has 0 radical (unpaired) electrons. The van der Waals surface area contributed by atoms with Crippen LogP contribution >= 0.6 is 11.8 Å². The summed E-state index contributed by atoms with van der Waals surface area (Å²) in [6.45, 7) is 2.74. The first kappa shape index (κ1) is 26.1. The van der Waals surface area contributed by atoms with Gasteiger partial charge in [-0.05, 0) is 72.6 Å². The molecule has 1 N–H and O–H groups in total. The summed E-state index contributed by atoms with van der Waals surface area (Å²) >= 11 is 1.61. The van der Waals surface area contributed by atoms with Gasteiger partial charge in [0, 0.05) is 20.9 Å². The van der Waals surface area contributed by atoms with E-state index in [-0.39, 0.29) is 12.5 Å². The van der Waals surface area contributed by atoms with Gasteiger partial charge in [0.25, 0.3) is 5.91 Å². The molecular weight excluding hydrogens is 502 g/mol. The average molecular weight is 532 g/mol. The zero-order valence-electron chi connectivity index (χ0n) is 21.7. The molecule has 39 heavy (non-hydrogen) atoms. The zero-order valence-corrected chi connectivity index (χ0v) is 22.5.